The molecule has 0 atom stereocenters. The molecule has 0 saturated heterocycles. The summed E-state index contributed by atoms with van der Waals surface area (Å²) in [5, 5.41) is 12.2. The number of nitrogens with zero attached hydrogens (tertiary/aromatic N) is 4. The van der Waals surface area contributed by atoms with E-state index >= 15 is 0 Å². The summed E-state index contributed by atoms with van der Waals surface area (Å²) in [6.07, 6.45) is -2.96. The third-order valence-corrected chi connectivity index (χ3v) is 5.68. The molecule has 0 bridgehead atoms. The Balaban J connectivity index is 2.10. The van der Waals surface area contributed by atoms with E-state index in [1.807, 2.05) is 6.92 Å². The highest BCUT2D eigenvalue weighted by Gasteiger charge is 2.33. The van der Waals surface area contributed by atoms with E-state index in [0.29, 0.717) is 11.9 Å². The highest BCUT2D eigenvalue weighted by Crippen LogP contribution is 2.35. The van der Waals surface area contributed by atoms with Crippen molar-refractivity contribution in [2.75, 3.05) is 5.75 Å². The second-order valence-electron chi connectivity index (χ2n) is 5.79. The number of halogens is 3. The average molecular weight is 396 g/mol. The molecule has 6 nitrogen and oxygen atoms in total. The average Bonchev–Trinajstić information content (AvgIpc) is 3.07. The smallest absolute Gasteiger partial charge is 0.224 e. The number of hydrogen-bond acceptors (Lipinski definition) is 5. The van der Waals surface area contributed by atoms with Crippen LogP contribution in [0.3, 0.4) is 0 Å². The van der Waals surface area contributed by atoms with Crippen LogP contribution >= 0.6 is 0 Å². The molecule has 0 aliphatic carbocycles. The van der Waals surface area contributed by atoms with E-state index in [4.69, 9.17) is 0 Å². The molecule has 27 heavy (non-hydrogen) atoms. The van der Waals surface area contributed by atoms with Gasteiger partial charge in [0.25, 0.3) is 0 Å². The minimum atomic E-state index is -4.65. The maximum atomic E-state index is 13.0. The lowest BCUT2D eigenvalue weighted by atomic mass is 10.1. The van der Waals surface area contributed by atoms with Crippen molar-refractivity contribution in [1.82, 2.24) is 20.0 Å². The number of aromatic nitrogens is 4. The van der Waals surface area contributed by atoms with Crippen LogP contribution in [0.2, 0.25) is 0 Å². The molecule has 1 aromatic carbocycles. The van der Waals surface area contributed by atoms with Gasteiger partial charge in [0.05, 0.1) is 27.6 Å². The lowest BCUT2D eigenvalue weighted by Gasteiger charge is -2.13. The summed E-state index contributed by atoms with van der Waals surface area (Å²) in [5.74, 6) is 0.0676. The minimum Gasteiger partial charge on any atom is -0.224 e. The third kappa shape index (κ3) is 3.85. The number of sulfone groups is 1. The van der Waals surface area contributed by atoms with E-state index in [1.165, 1.54) is 17.7 Å². The van der Waals surface area contributed by atoms with Gasteiger partial charge in [0, 0.05) is 11.8 Å². The Morgan fingerprint density at radius 1 is 1.07 bits per heavy atom. The summed E-state index contributed by atoms with van der Waals surface area (Å²) in [6, 6.07) is 7.41. The number of alkyl halides is 3. The normalized spacial score (nSPS) is 12.3. The van der Waals surface area contributed by atoms with Gasteiger partial charge in [-0.1, -0.05) is 13.0 Å². The molecule has 0 saturated carbocycles. The van der Waals surface area contributed by atoms with E-state index < -0.39 is 26.5 Å². The summed E-state index contributed by atoms with van der Waals surface area (Å²) in [6.45, 7) is 3.18. The fraction of sp³-hybridized carbons (Fsp3) is 0.235. The van der Waals surface area contributed by atoms with Crippen molar-refractivity contribution < 1.29 is 21.6 Å². The summed E-state index contributed by atoms with van der Waals surface area (Å²) in [5.41, 5.74) is -0.0289. The van der Waals surface area contributed by atoms with Gasteiger partial charge in [-0.2, -0.15) is 18.3 Å². The third-order valence-electron chi connectivity index (χ3n) is 3.91. The zero-order valence-corrected chi connectivity index (χ0v) is 15.2. The quantitative estimate of drug-likeness (QED) is 0.675. The Hall–Kier alpha value is -2.75. The summed E-state index contributed by atoms with van der Waals surface area (Å²) < 4.78 is 65.2. The van der Waals surface area contributed by atoms with Crippen LogP contribution in [0.5, 0.6) is 0 Å². The second kappa shape index (κ2) is 6.76. The molecule has 0 aliphatic rings. The maximum Gasteiger partial charge on any atom is 0.416 e. The van der Waals surface area contributed by atoms with Crippen LogP contribution in [0.4, 0.5) is 13.2 Å². The lowest BCUT2D eigenvalue weighted by molar-refractivity contribution is -0.137. The molecule has 3 aromatic rings. The predicted molar refractivity (Wildman–Crippen MR) is 92.1 cm³/mol. The van der Waals surface area contributed by atoms with Crippen LogP contribution in [0.1, 0.15) is 18.2 Å². The second-order valence-corrected chi connectivity index (χ2v) is 8.04. The number of aryl methyl sites for hydroxylation is 1. The molecule has 142 valence electrons. The molecule has 2 heterocycles. The van der Waals surface area contributed by atoms with Gasteiger partial charge in [-0.25, -0.2) is 13.1 Å². The van der Waals surface area contributed by atoms with Gasteiger partial charge in [0.2, 0.25) is 0 Å². The van der Waals surface area contributed by atoms with Crippen molar-refractivity contribution in [3.05, 3.63) is 53.9 Å². The molecule has 0 aliphatic heterocycles. The molecule has 0 unspecified atom stereocenters. The van der Waals surface area contributed by atoms with Crippen LogP contribution < -0.4 is 0 Å². The molecule has 0 N–H and O–H groups in total. The Labute approximate surface area is 153 Å². The van der Waals surface area contributed by atoms with Crippen molar-refractivity contribution in [1.29, 1.82) is 0 Å². The largest absolute Gasteiger partial charge is 0.416 e. The van der Waals surface area contributed by atoms with Crippen molar-refractivity contribution in [2.24, 2.45) is 0 Å². The minimum absolute atomic E-state index is 0.0699. The first-order valence-electron chi connectivity index (χ1n) is 7.92. The van der Waals surface area contributed by atoms with Crippen LogP contribution in [-0.4, -0.2) is 34.1 Å². The zero-order chi connectivity index (χ0) is 19.8. The molecule has 3 rings (SSSR count). The van der Waals surface area contributed by atoms with E-state index in [0.717, 1.165) is 17.8 Å². The molecular weight excluding hydrogens is 381 g/mol. The number of rotatable bonds is 4. The van der Waals surface area contributed by atoms with Gasteiger partial charge < -0.3 is 0 Å². The van der Waals surface area contributed by atoms with Gasteiger partial charge in [0.15, 0.2) is 15.7 Å². The first-order chi connectivity index (χ1) is 12.6. The zero-order valence-electron chi connectivity index (χ0n) is 14.4. The molecule has 10 heteroatoms. The Morgan fingerprint density at radius 2 is 1.81 bits per heavy atom. The maximum absolute atomic E-state index is 13.0. The van der Waals surface area contributed by atoms with Crippen LogP contribution in [0, 0.1) is 6.92 Å². The Bertz CT molecular complexity index is 1070. The van der Waals surface area contributed by atoms with Crippen molar-refractivity contribution >= 4 is 9.84 Å². The van der Waals surface area contributed by atoms with Crippen molar-refractivity contribution in [3.8, 4) is 17.1 Å². The standard InChI is InChI=1S/C17H15F3N4O2S/c1-3-27(25,26)15-10-12(17(18,19)20)4-5-13(15)14-6-7-16(22-21-14)24-9-8-11(2)23-24/h4-10H,3H2,1-2H3. The van der Waals surface area contributed by atoms with Gasteiger partial charge >= 0.3 is 6.18 Å². The van der Waals surface area contributed by atoms with Crippen LogP contribution in [0.15, 0.2) is 47.5 Å². The van der Waals surface area contributed by atoms with E-state index in [-0.39, 0.29) is 17.0 Å². The van der Waals surface area contributed by atoms with E-state index in [1.54, 1.807) is 18.3 Å². The van der Waals surface area contributed by atoms with E-state index in [2.05, 4.69) is 15.3 Å². The first kappa shape index (κ1) is 19.0. The predicted octanol–water partition coefficient (Wildman–Crippen LogP) is 3.45. The highest BCUT2D eigenvalue weighted by atomic mass is 32.2. The summed E-state index contributed by atoms with van der Waals surface area (Å²) in [4.78, 5) is -0.420. The van der Waals surface area contributed by atoms with Crippen molar-refractivity contribution in [3.63, 3.8) is 0 Å². The summed E-state index contributed by atoms with van der Waals surface area (Å²) in [7, 11) is -3.90. The van der Waals surface area contributed by atoms with Crippen LogP contribution in [-0.2, 0) is 16.0 Å². The Kier molecular flexibility index (Phi) is 4.77. The number of benzene rings is 1. The molecular formula is C17H15F3N4O2S. The summed E-state index contributed by atoms with van der Waals surface area (Å²) >= 11 is 0. The topological polar surface area (TPSA) is 77.7 Å². The Morgan fingerprint density at radius 3 is 2.33 bits per heavy atom. The first-order valence-corrected chi connectivity index (χ1v) is 9.58. The molecule has 0 amide bonds. The van der Waals surface area contributed by atoms with Crippen molar-refractivity contribution in [2.45, 2.75) is 24.9 Å². The van der Waals surface area contributed by atoms with Gasteiger partial charge in [-0.05, 0) is 37.3 Å². The van der Waals surface area contributed by atoms with Gasteiger partial charge in [0.1, 0.15) is 0 Å². The molecule has 2 aromatic heterocycles. The fourth-order valence-corrected chi connectivity index (χ4v) is 3.58. The monoisotopic (exact) mass is 396 g/mol. The SMILES string of the molecule is CCS(=O)(=O)c1cc(C(F)(F)F)ccc1-c1ccc(-n2ccc(C)n2)nn1. The highest BCUT2D eigenvalue weighted by molar-refractivity contribution is 7.91. The number of hydrogen-bond donors (Lipinski definition) is 0. The lowest BCUT2D eigenvalue weighted by Crippen LogP contribution is -2.11. The van der Waals surface area contributed by atoms with Crippen LogP contribution in [0.25, 0.3) is 17.1 Å². The molecule has 0 radical (unpaired) electrons. The molecule has 0 spiro atoms. The molecule has 0 fully saturated rings. The fourth-order valence-electron chi connectivity index (χ4n) is 2.46. The van der Waals surface area contributed by atoms with Gasteiger partial charge in [-0.3, -0.25) is 0 Å². The van der Waals surface area contributed by atoms with E-state index in [9.17, 15) is 21.6 Å². The van der Waals surface area contributed by atoms with Gasteiger partial charge in [-0.15, -0.1) is 10.2 Å².